The zero-order valence-corrected chi connectivity index (χ0v) is 19.7. The second kappa shape index (κ2) is 13.0. The molecule has 32 heavy (non-hydrogen) atoms. The van der Waals surface area contributed by atoms with Crippen LogP contribution in [0.4, 0.5) is 5.69 Å². The number of benzene rings is 1. The molecular weight excluding hydrogens is 416 g/mol. The van der Waals surface area contributed by atoms with Crippen LogP contribution in [0.3, 0.4) is 0 Å². The maximum atomic E-state index is 9.33. The molecule has 0 spiro atoms. The first-order valence-corrected chi connectivity index (χ1v) is 11.6. The second-order valence-electron chi connectivity index (χ2n) is 7.24. The highest BCUT2D eigenvalue weighted by Crippen LogP contribution is 2.30. The van der Waals surface area contributed by atoms with Crippen molar-refractivity contribution in [3.63, 3.8) is 0 Å². The van der Waals surface area contributed by atoms with Crippen LogP contribution < -0.4 is 9.64 Å². The quantitative estimate of drug-likeness (QED) is 0.362. The van der Waals surface area contributed by atoms with Crippen molar-refractivity contribution < 1.29 is 4.74 Å². The molecule has 1 heterocycles. The van der Waals surface area contributed by atoms with E-state index in [-0.39, 0.29) is 11.1 Å². The summed E-state index contributed by atoms with van der Waals surface area (Å²) in [7, 11) is 1.68. The highest BCUT2D eigenvalue weighted by atomic mass is 32.1. The number of rotatable bonds is 11. The van der Waals surface area contributed by atoms with Crippen molar-refractivity contribution in [2.45, 2.75) is 39.5 Å². The topological polar surface area (TPSA) is 83.8 Å². The number of thiophene rings is 1. The van der Waals surface area contributed by atoms with Gasteiger partial charge in [-0.15, -0.1) is 11.3 Å². The van der Waals surface area contributed by atoms with E-state index < -0.39 is 0 Å². The maximum absolute atomic E-state index is 9.33. The standard InChI is InChI=1S/C26H28N4OS/c1-4-6-14-30(15-7-5-2)22-10-8-20(25(16-22)31-3)9-11-23-12-13-26(32-23)24(19-29)21(17-27)18-28/h8-13,16H,4-7,14-15H2,1-3H3. The van der Waals surface area contributed by atoms with E-state index in [0.29, 0.717) is 4.88 Å². The van der Waals surface area contributed by atoms with E-state index in [1.807, 2.05) is 24.3 Å². The SMILES string of the molecule is CCCCN(CCCC)c1ccc(C=Cc2ccc(C(C#N)=C(C#N)C#N)s2)c(OC)c1. The minimum atomic E-state index is -0.169. The molecule has 2 aromatic rings. The van der Waals surface area contributed by atoms with E-state index in [1.165, 1.54) is 17.0 Å². The van der Waals surface area contributed by atoms with E-state index >= 15 is 0 Å². The lowest BCUT2D eigenvalue weighted by molar-refractivity contribution is 0.414. The Kier molecular flexibility index (Phi) is 10.1. The van der Waals surface area contributed by atoms with Crippen molar-refractivity contribution >= 4 is 34.7 Å². The van der Waals surface area contributed by atoms with E-state index in [1.54, 1.807) is 25.3 Å². The lowest BCUT2D eigenvalue weighted by Crippen LogP contribution is -2.25. The van der Waals surface area contributed by atoms with Gasteiger partial charge in [-0.1, -0.05) is 26.7 Å². The molecule has 0 amide bonds. The number of ether oxygens (including phenoxy) is 1. The molecule has 0 atom stereocenters. The molecule has 0 saturated heterocycles. The summed E-state index contributed by atoms with van der Waals surface area (Å²) >= 11 is 1.37. The van der Waals surface area contributed by atoms with Crippen LogP contribution in [-0.4, -0.2) is 20.2 Å². The zero-order chi connectivity index (χ0) is 23.3. The molecule has 5 nitrogen and oxygen atoms in total. The molecule has 0 unspecified atom stereocenters. The third kappa shape index (κ3) is 6.48. The smallest absolute Gasteiger partial charge is 0.148 e. The molecule has 2 rings (SSSR count). The molecular formula is C26H28N4OS. The molecule has 0 bridgehead atoms. The van der Waals surface area contributed by atoms with E-state index in [0.717, 1.165) is 55.0 Å². The van der Waals surface area contributed by atoms with Gasteiger partial charge in [-0.25, -0.2) is 0 Å². The van der Waals surface area contributed by atoms with Crippen LogP contribution in [0.5, 0.6) is 5.75 Å². The lowest BCUT2D eigenvalue weighted by Gasteiger charge is -2.25. The second-order valence-corrected chi connectivity index (χ2v) is 8.36. The molecule has 1 aromatic carbocycles. The summed E-state index contributed by atoms with van der Waals surface area (Å²) in [5.41, 5.74) is 2.07. The molecule has 164 valence electrons. The summed E-state index contributed by atoms with van der Waals surface area (Å²) in [5.74, 6) is 0.808. The van der Waals surface area contributed by atoms with Crippen molar-refractivity contribution in [3.8, 4) is 24.0 Å². The lowest BCUT2D eigenvalue weighted by atomic mass is 10.1. The predicted molar refractivity (Wildman–Crippen MR) is 132 cm³/mol. The van der Waals surface area contributed by atoms with Gasteiger partial charge in [0.15, 0.2) is 0 Å². The Morgan fingerprint density at radius 3 is 2.22 bits per heavy atom. The Hall–Kier alpha value is -3.53. The molecule has 0 aliphatic rings. The normalized spacial score (nSPS) is 10.2. The summed E-state index contributed by atoms with van der Waals surface area (Å²) in [4.78, 5) is 3.95. The highest BCUT2D eigenvalue weighted by molar-refractivity contribution is 7.14. The minimum absolute atomic E-state index is 0.112. The van der Waals surface area contributed by atoms with Crippen molar-refractivity contribution in [1.82, 2.24) is 0 Å². The first-order chi connectivity index (χ1) is 15.6. The number of nitriles is 3. The minimum Gasteiger partial charge on any atom is -0.496 e. The van der Waals surface area contributed by atoms with Crippen LogP contribution in [-0.2, 0) is 0 Å². The van der Waals surface area contributed by atoms with Crippen molar-refractivity contribution in [2.75, 3.05) is 25.1 Å². The molecule has 0 fully saturated rings. The Morgan fingerprint density at radius 1 is 0.969 bits per heavy atom. The van der Waals surface area contributed by atoms with Crippen LogP contribution in [0.1, 0.15) is 54.8 Å². The first-order valence-electron chi connectivity index (χ1n) is 10.8. The average molecular weight is 445 g/mol. The molecule has 0 radical (unpaired) electrons. The van der Waals surface area contributed by atoms with Crippen molar-refractivity contribution in [2.24, 2.45) is 0 Å². The van der Waals surface area contributed by atoms with Crippen molar-refractivity contribution in [1.29, 1.82) is 15.8 Å². The number of allylic oxidation sites excluding steroid dienone is 2. The van der Waals surface area contributed by atoms with E-state index in [2.05, 4.69) is 36.9 Å². The number of anilines is 1. The number of hydrogen-bond donors (Lipinski definition) is 0. The number of methoxy groups -OCH3 is 1. The largest absolute Gasteiger partial charge is 0.496 e. The third-order valence-electron chi connectivity index (χ3n) is 5.03. The maximum Gasteiger partial charge on any atom is 0.148 e. The van der Waals surface area contributed by atoms with Crippen LogP contribution in [0.15, 0.2) is 35.9 Å². The van der Waals surface area contributed by atoms with Gasteiger partial charge in [-0.2, -0.15) is 15.8 Å². The molecule has 0 saturated carbocycles. The van der Waals surface area contributed by atoms with Gasteiger partial charge in [-0.05, 0) is 49.3 Å². The van der Waals surface area contributed by atoms with Gasteiger partial charge in [0.25, 0.3) is 0 Å². The van der Waals surface area contributed by atoms with E-state index in [4.69, 9.17) is 15.3 Å². The first kappa shape index (κ1) is 24.7. The number of nitrogens with zero attached hydrogens (tertiary/aromatic N) is 4. The fourth-order valence-electron chi connectivity index (χ4n) is 3.22. The average Bonchev–Trinajstić information content (AvgIpc) is 3.29. The Labute approximate surface area is 195 Å². The molecule has 1 aromatic heterocycles. The van der Waals surface area contributed by atoms with Gasteiger partial charge in [0.1, 0.15) is 29.5 Å². The third-order valence-corrected chi connectivity index (χ3v) is 6.10. The Morgan fingerprint density at radius 2 is 1.66 bits per heavy atom. The molecule has 0 aliphatic heterocycles. The Balaban J connectivity index is 2.28. The van der Waals surface area contributed by atoms with Gasteiger partial charge in [0.05, 0.1) is 12.7 Å². The van der Waals surface area contributed by atoms with Gasteiger partial charge in [0, 0.05) is 40.2 Å². The van der Waals surface area contributed by atoms with Crippen LogP contribution >= 0.6 is 11.3 Å². The molecule has 6 heteroatoms. The zero-order valence-electron chi connectivity index (χ0n) is 18.9. The monoisotopic (exact) mass is 444 g/mol. The fourth-order valence-corrected chi connectivity index (χ4v) is 4.13. The summed E-state index contributed by atoms with van der Waals surface area (Å²) in [6.45, 7) is 6.49. The summed E-state index contributed by atoms with van der Waals surface area (Å²) < 4.78 is 5.66. The molecule has 0 N–H and O–H groups in total. The van der Waals surface area contributed by atoms with Gasteiger partial charge in [0.2, 0.25) is 0 Å². The summed E-state index contributed by atoms with van der Waals surface area (Å²) in [6.07, 6.45) is 8.57. The van der Waals surface area contributed by atoms with E-state index in [9.17, 15) is 5.26 Å². The number of hydrogen-bond acceptors (Lipinski definition) is 6. The van der Waals surface area contributed by atoms with Crippen molar-refractivity contribution in [3.05, 3.63) is 51.2 Å². The van der Waals surface area contributed by atoms with Gasteiger partial charge in [-0.3, -0.25) is 0 Å². The van der Waals surface area contributed by atoms with Gasteiger partial charge < -0.3 is 9.64 Å². The highest BCUT2D eigenvalue weighted by Gasteiger charge is 2.12. The fraction of sp³-hybridized carbons (Fsp3) is 0.346. The number of unbranched alkanes of at least 4 members (excludes halogenated alkanes) is 2. The van der Waals surface area contributed by atoms with Crippen LogP contribution in [0.2, 0.25) is 0 Å². The Bertz CT molecular complexity index is 1070. The van der Waals surface area contributed by atoms with Gasteiger partial charge >= 0.3 is 0 Å². The summed E-state index contributed by atoms with van der Waals surface area (Å²) in [6, 6.07) is 15.5. The van der Waals surface area contributed by atoms with Crippen LogP contribution in [0, 0.1) is 34.0 Å². The van der Waals surface area contributed by atoms with Crippen LogP contribution in [0.25, 0.3) is 17.7 Å². The predicted octanol–water partition coefficient (Wildman–Crippen LogP) is 6.66. The molecule has 0 aliphatic carbocycles. The summed E-state index contributed by atoms with van der Waals surface area (Å²) in [5, 5.41) is 27.4.